The Balaban J connectivity index is 1.29. The Bertz CT molecular complexity index is 1300. The smallest absolute Gasteiger partial charge is 0.407 e. The maximum atomic E-state index is 11.8. The van der Waals surface area contributed by atoms with E-state index in [4.69, 9.17) is 14.2 Å². The first-order valence-electron chi connectivity index (χ1n) is 15.5. The van der Waals surface area contributed by atoms with Crippen molar-refractivity contribution >= 4 is 6.09 Å². The summed E-state index contributed by atoms with van der Waals surface area (Å²) in [4.78, 5) is 14.4. The lowest BCUT2D eigenvalue weighted by atomic mass is 9.98. The van der Waals surface area contributed by atoms with Crippen LogP contribution in [0.5, 0.6) is 0 Å². The van der Waals surface area contributed by atoms with Gasteiger partial charge in [-0.15, -0.1) is 0 Å². The molecule has 1 amide bonds. The van der Waals surface area contributed by atoms with Gasteiger partial charge in [-0.3, -0.25) is 0 Å². The van der Waals surface area contributed by atoms with E-state index in [2.05, 4.69) is 65.3 Å². The number of nitrogens with zero attached hydrogens (tertiary/aromatic N) is 1. The number of aliphatic hydroxyl groups is 1. The van der Waals surface area contributed by atoms with Crippen molar-refractivity contribution in [2.24, 2.45) is 0 Å². The van der Waals surface area contributed by atoms with Gasteiger partial charge in [0.25, 0.3) is 0 Å². The van der Waals surface area contributed by atoms with E-state index >= 15 is 0 Å². The highest BCUT2D eigenvalue weighted by molar-refractivity contribution is 5.68. The summed E-state index contributed by atoms with van der Waals surface area (Å²) < 4.78 is 18.2. The second kappa shape index (κ2) is 15.8. The van der Waals surface area contributed by atoms with Gasteiger partial charge in [-0.2, -0.15) is 0 Å². The van der Waals surface area contributed by atoms with Crippen molar-refractivity contribution in [2.75, 3.05) is 26.2 Å². The first kappa shape index (κ1) is 31.0. The Morgan fingerprint density at radius 3 is 2.35 bits per heavy atom. The van der Waals surface area contributed by atoms with Crippen molar-refractivity contribution in [3.8, 4) is 11.1 Å². The Morgan fingerprint density at radius 1 is 0.907 bits per heavy atom. The molecule has 3 atom stereocenters. The van der Waals surface area contributed by atoms with Gasteiger partial charge in [-0.05, 0) is 59.8 Å². The SMILES string of the molecule is C=CCOC(=O)NCc1cccc(-c2ccc([C@@H]3O[C@H](CN4CCCCCCC4)C[C@H](c4ccc(CO)cc4)O3)cc2)c1. The van der Waals surface area contributed by atoms with E-state index in [1.165, 1.54) is 32.1 Å². The van der Waals surface area contributed by atoms with Crippen LogP contribution >= 0.6 is 0 Å². The molecule has 0 bridgehead atoms. The number of alkyl carbamates (subject to hydrolysis) is 1. The summed E-state index contributed by atoms with van der Waals surface area (Å²) in [6.45, 7) is 7.31. The molecule has 3 aromatic rings. The van der Waals surface area contributed by atoms with Crippen LogP contribution < -0.4 is 5.32 Å². The zero-order valence-corrected chi connectivity index (χ0v) is 25.0. The molecule has 5 rings (SSSR count). The fraction of sp³-hybridized carbons (Fsp3) is 0.417. The van der Waals surface area contributed by atoms with E-state index in [1.807, 2.05) is 24.3 Å². The number of carbonyl (C=O) groups excluding carboxylic acids is 1. The Kier molecular flexibility index (Phi) is 11.4. The molecule has 7 nitrogen and oxygen atoms in total. The van der Waals surface area contributed by atoms with E-state index in [-0.39, 0.29) is 25.4 Å². The third-order valence-corrected chi connectivity index (χ3v) is 8.24. The van der Waals surface area contributed by atoms with E-state index in [9.17, 15) is 9.90 Å². The van der Waals surface area contributed by atoms with Crippen LogP contribution in [0.25, 0.3) is 11.1 Å². The third kappa shape index (κ3) is 9.00. The Morgan fingerprint density at radius 2 is 1.63 bits per heavy atom. The molecule has 3 aromatic carbocycles. The highest BCUT2D eigenvalue weighted by Gasteiger charge is 2.33. The summed E-state index contributed by atoms with van der Waals surface area (Å²) in [5, 5.41) is 12.3. The van der Waals surface area contributed by atoms with Crippen LogP contribution in [-0.4, -0.2) is 48.4 Å². The summed E-state index contributed by atoms with van der Waals surface area (Å²) in [5.41, 5.74) is 6.11. The van der Waals surface area contributed by atoms with Crippen molar-refractivity contribution in [2.45, 2.75) is 70.2 Å². The van der Waals surface area contributed by atoms with Crippen LogP contribution in [0.2, 0.25) is 0 Å². The van der Waals surface area contributed by atoms with Crippen LogP contribution in [0.3, 0.4) is 0 Å². The monoisotopic (exact) mass is 584 g/mol. The molecule has 43 heavy (non-hydrogen) atoms. The van der Waals surface area contributed by atoms with Gasteiger partial charge >= 0.3 is 6.09 Å². The van der Waals surface area contributed by atoms with Gasteiger partial charge in [0, 0.05) is 25.1 Å². The number of rotatable bonds is 10. The predicted octanol–water partition coefficient (Wildman–Crippen LogP) is 7.07. The van der Waals surface area contributed by atoms with Gasteiger partial charge in [0.05, 0.1) is 18.8 Å². The minimum Gasteiger partial charge on any atom is -0.445 e. The summed E-state index contributed by atoms with van der Waals surface area (Å²) >= 11 is 0. The normalized spacial score (nSPS) is 21.4. The van der Waals surface area contributed by atoms with Gasteiger partial charge in [-0.1, -0.05) is 98.6 Å². The van der Waals surface area contributed by atoms with E-state index < -0.39 is 12.4 Å². The molecule has 0 spiro atoms. The summed E-state index contributed by atoms with van der Waals surface area (Å²) in [6.07, 6.45) is 7.83. The molecule has 0 aliphatic carbocycles. The molecular formula is C36H44N2O5. The van der Waals surface area contributed by atoms with Crippen LogP contribution in [0.15, 0.2) is 85.5 Å². The lowest BCUT2D eigenvalue weighted by Gasteiger charge is -2.38. The number of nitrogens with one attached hydrogen (secondary N) is 1. The molecule has 2 saturated heterocycles. The molecule has 0 radical (unpaired) electrons. The highest BCUT2D eigenvalue weighted by Crippen LogP contribution is 2.39. The standard InChI is InChI=1S/C36H44N2O5/c1-2-21-41-36(40)37-24-28-9-8-10-32(22-28)29-15-17-31(18-16-29)35-42-33(25-38-19-6-4-3-5-7-20-38)23-34(43-35)30-13-11-27(26-39)12-14-30/h2,8-18,22,33-35,39H,1,3-7,19-21,23-26H2,(H,37,40)/t33-,34+,35+/m0/s1. The first-order valence-corrected chi connectivity index (χ1v) is 15.5. The predicted molar refractivity (Wildman–Crippen MR) is 168 cm³/mol. The number of benzene rings is 3. The van der Waals surface area contributed by atoms with Gasteiger partial charge in [0.15, 0.2) is 6.29 Å². The number of carbonyl (C=O) groups is 1. The van der Waals surface area contributed by atoms with Gasteiger partial charge in [0.1, 0.15) is 6.61 Å². The fourth-order valence-electron chi connectivity index (χ4n) is 5.87. The van der Waals surface area contributed by atoms with Gasteiger partial charge in [0.2, 0.25) is 0 Å². The van der Waals surface area contributed by atoms with Crippen molar-refractivity contribution in [3.05, 3.63) is 108 Å². The zero-order valence-electron chi connectivity index (χ0n) is 25.0. The van der Waals surface area contributed by atoms with Crippen LogP contribution in [-0.2, 0) is 27.4 Å². The average Bonchev–Trinajstić information content (AvgIpc) is 3.04. The molecule has 0 aromatic heterocycles. The molecule has 2 heterocycles. The average molecular weight is 585 g/mol. The zero-order chi connectivity index (χ0) is 29.9. The largest absolute Gasteiger partial charge is 0.445 e. The van der Waals surface area contributed by atoms with E-state index in [0.717, 1.165) is 59.4 Å². The molecule has 7 heteroatoms. The first-order chi connectivity index (χ1) is 21.1. The van der Waals surface area contributed by atoms with Crippen molar-refractivity contribution < 1.29 is 24.1 Å². The molecule has 2 aliphatic rings. The number of aliphatic hydroxyl groups excluding tert-OH is 1. The summed E-state index contributed by atoms with van der Waals surface area (Å²) in [6, 6.07) is 24.5. The highest BCUT2D eigenvalue weighted by atomic mass is 16.7. The minimum absolute atomic E-state index is 0.0309. The van der Waals surface area contributed by atoms with Crippen molar-refractivity contribution in [1.29, 1.82) is 0 Å². The van der Waals surface area contributed by atoms with Crippen LogP contribution in [0.1, 0.15) is 73.2 Å². The summed E-state index contributed by atoms with van der Waals surface area (Å²) in [7, 11) is 0. The number of amides is 1. The lowest BCUT2D eigenvalue weighted by molar-refractivity contribution is -0.253. The molecule has 228 valence electrons. The number of likely N-dealkylation sites (tertiary alicyclic amines) is 1. The fourth-order valence-corrected chi connectivity index (χ4v) is 5.87. The van der Waals surface area contributed by atoms with Crippen LogP contribution in [0, 0.1) is 0 Å². The number of ether oxygens (including phenoxy) is 3. The quantitative estimate of drug-likeness (QED) is 0.248. The van der Waals surface area contributed by atoms with Crippen LogP contribution in [0.4, 0.5) is 4.79 Å². The van der Waals surface area contributed by atoms with Gasteiger partial charge < -0.3 is 29.5 Å². The Hall–Kier alpha value is -3.49. The maximum absolute atomic E-state index is 11.8. The molecule has 2 N–H and O–H groups in total. The third-order valence-electron chi connectivity index (χ3n) is 8.24. The second-order valence-corrected chi connectivity index (χ2v) is 11.5. The number of hydrogen-bond donors (Lipinski definition) is 2. The number of hydrogen-bond acceptors (Lipinski definition) is 6. The van der Waals surface area contributed by atoms with Crippen molar-refractivity contribution in [3.63, 3.8) is 0 Å². The van der Waals surface area contributed by atoms with E-state index in [1.54, 1.807) is 6.08 Å². The molecule has 2 fully saturated rings. The van der Waals surface area contributed by atoms with Gasteiger partial charge in [-0.25, -0.2) is 4.79 Å². The second-order valence-electron chi connectivity index (χ2n) is 11.5. The minimum atomic E-state index is -0.470. The maximum Gasteiger partial charge on any atom is 0.407 e. The molecule has 0 saturated carbocycles. The van der Waals surface area contributed by atoms with E-state index in [0.29, 0.717) is 6.54 Å². The molecular weight excluding hydrogens is 540 g/mol. The topological polar surface area (TPSA) is 80.3 Å². The summed E-state index contributed by atoms with van der Waals surface area (Å²) in [5.74, 6) is 0. The Labute approximate surface area is 255 Å². The molecule has 2 aliphatic heterocycles. The van der Waals surface area contributed by atoms with Crippen molar-refractivity contribution in [1.82, 2.24) is 10.2 Å². The lowest BCUT2D eigenvalue weighted by Crippen LogP contribution is -2.40. The molecule has 0 unspecified atom stereocenters.